The van der Waals surface area contributed by atoms with Crippen molar-refractivity contribution in [2.75, 3.05) is 0 Å². The number of ketones is 1. The van der Waals surface area contributed by atoms with Crippen LogP contribution in [0.2, 0.25) is 0 Å². The van der Waals surface area contributed by atoms with E-state index in [0.29, 0.717) is 16.7 Å². The van der Waals surface area contributed by atoms with Gasteiger partial charge in [-0.2, -0.15) is 0 Å². The van der Waals surface area contributed by atoms with Crippen LogP contribution in [-0.2, 0) is 11.2 Å². The number of rotatable bonds is 2. The Morgan fingerprint density at radius 2 is 2.07 bits per heavy atom. The van der Waals surface area contributed by atoms with Crippen molar-refractivity contribution in [2.24, 2.45) is 0 Å². The van der Waals surface area contributed by atoms with E-state index >= 15 is 0 Å². The van der Waals surface area contributed by atoms with Crippen molar-refractivity contribution in [3.8, 4) is 5.75 Å². The first-order chi connectivity index (χ1) is 6.43. The largest absolute Gasteiger partial charge is 0.505 e. The van der Waals surface area contributed by atoms with Crippen LogP contribution in [0.4, 0.5) is 4.39 Å². The average molecular weight is 196 g/mol. The third kappa shape index (κ3) is 1.92. The van der Waals surface area contributed by atoms with Crippen molar-refractivity contribution in [3.05, 3.63) is 28.6 Å². The van der Waals surface area contributed by atoms with Crippen LogP contribution >= 0.6 is 0 Å². The molecule has 0 unspecified atom stereocenters. The van der Waals surface area contributed by atoms with E-state index in [9.17, 15) is 14.3 Å². The van der Waals surface area contributed by atoms with Crippen molar-refractivity contribution in [1.29, 1.82) is 0 Å². The topological polar surface area (TPSA) is 37.3 Å². The van der Waals surface area contributed by atoms with Gasteiger partial charge in [0.1, 0.15) is 5.78 Å². The predicted octanol–water partition coefficient (Wildman–Crippen LogP) is 2.28. The van der Waals surface area contributed by atoms with Crippen molar-refractivity contribution in [1.82, 2.24) is 0 Å². The van der Waals surface area contributed by atoms with Crippen LogP contribution in [0, 0.1) is 19.7 Å². The molecule has 14 heavy (non-hydrogen) atoms. The number of aromatic hydroxyl groups is 1. The predicted molar refractivity (Wildman–Crippen MR) is 51.9 cm³/mol. The first-order valence-corrected chi connectivity index (χ1v) is 4.40. The number of carbonyl (C=O) groups is 1. The molecule has 0 aliphatic rings. The number of hydrogen-bond donors (Lipinski definition) is 1. The Morgan fingerprint density at radius 1 is 1.50 bits per heavy atom. The first kappa shape index (κ1) is 10.7. The van der Waals surface area contributed by atoms with Gasteiger partial charge in [-0.3, -0.25) is 4.79 Å². The van der Waals surface area contributed by atoms with Crippen molar-refractivity contribution >= 4 is 5.78 Å². The summed E-state index contributed by atoms with van der Waals surface area (Å²) in [5, 5.41) is 9.39. The summed E-state index contributed by atoms with van der Waals surface area (Å²) in [5.74, 6) is -0.949. The number of benzene rings is 1. The van der Waals surface area contributed by atoms with E-state index in [2.05, 4.69) is 0 Å². The molecule has 0 heterocycles. The zero-order valence-electron chi connectivity index (χ0n) is 8.52. The Hall–Kier alpha value is -1.38. The molecule has 0 fully saturated rings. The number of carbonyl (C=O) groups excluding carboxylic acids is 1. The molecule has 1 rings (SSSR count). The molecule has 0 aromatic heterocycles. The Morgan fingerprint density at radius 3 is 2.57 bits per heavy atom. The number of hydrogen-bond acceptors (Lipinski definition) is 2. The summed E-state index contributed by atoms with van der Waals surface area (Å²) < 4.78 is 13.2. The maximum Gasteiger partial charge on any atom is 0.167 e. The summed E-state index contributed by atoms with van der Waals surface area (Å²) in [7, 11) is 0. The first-order valence-electron chi connectivity index (χ1n) is 4.40. The molecular weight excluding hydrogens is 183 g/mol. The highest BCUT2D eigenvalue weighted by Gasteiger charge is 2.12. The van der Waals surface area contributed by atoms with Gasteiger partial charge in [0.15, 0.2) is 11.6 Å². The van der Waals surface area contributed by atoms with Crippen molar-refractivity contribution in [2.45, 2.75) is 27.2 Å². The molecule has 0 bridgehead atoms. The molecule has 0 saturated heterocycles. The number of phenols is 1. The summed E-state index contributed by atoms with van der Waals surface area (Å²) in [6.07, 6.45) is 0.237. The number of aryl methyl sites for hydroxylation is 1. The molecule has 76 valence electrons. The van der Waals surface area contributed by atoms with Gasteiger partial charge in [-0.1, -0.05) is 6.07 Å². The molecule has 3 heteroatoms. The summed E-state index contributed by atoms with van der Waals surface area (Å²) in [4.78, 5) is 10.9. The van der Waals surface area contributed by atoms with Crippen LogP contribution in [0.1, 0.15) is 23.6 Å². The molecule has 2 nitrogen and oxygen atoms in total. The molecule has 0 spiro atoms. The Labute approximate surface area is 82.4 Å². The maximum absolute atomic E-state index is 13.2. The van der Waals surface area contributed by atoms with Gasteiger partial charge in [-0.05, 0) is 37.5 Å². The third-order valence-electron chi connectivity index (χ3n) is 2.22. The van der Waals surface area contributed by atoms with E-state index < -0.39 is 5.82 Å². The summed E-state index contributed by atoms with van der Waals surface area (Å²) in [6.45, 7) is 4.64. The van der Waals surface area contributed by atoms with Crippen LogP contribution in [0.25, 0.3) is 0 Å². The lowest BCUT2D eigenvalue weighted by Crippen LogP contribution is -2.01. The number of halogens is 1. The van der Waals surface area contributed by atoms with E-state index in [-0.39, 0.29) is 18.0 Å². The Bertz CT molecular complexity index is 383. The second-order valence-electron chi connectivity index (χ2n) is 3.52. The van der Waals surface area contributed by atoms with Gasteiger partial charge in [0.2, 0.25) is 0 Å². The fraction of sp³-hybridized carbons (Fsp3) is 0.364. The summed E-state index contributed by atoms with van der Waals surface area (Å²) in [5.41, 5.74) is 1.50. The van der Waals surface area contributed by atoms with Crippen molar-refractivity contribution < 1.29 is 14.3 Å². The highest BCUT2D eigenvalue weighted by Crippen LogP contribution is 2.27. The maximum atomic E-state index is 13.2. The molecule has 0 atom stereocenters. The average Bonchev–Trinajstić information content (AvgIpc) is 2.10. The van der Waals surface area contributed by atoms with Gasteiger partial charge >= 0.3 is 0 Å². The van der Waals surface area contributed by atoms with Gasteiger partial charge < -0.3 is 5.11 Å². The minimum atomic E-state index is -0.602. The highest BCUT2D eigenvalue weighted by atomic mass is 19.1. The number of phenolic OH excluding ortho intramolecular Hbond substituents is 1. The lowest BCUT2D eigenvalue weighted by Gasteiger charge is -2.09. The van der Waals surface area contributed by atoms with Crippen LogP contribution in [-0.4, -0.2) is 10.9 Å². The van der Waals surface area contributed by atoms with E-state index in [1.807, 2.05) is 0 Å². The summed E-state index contributed by atoms with van der Waals surface area (Å²) in [6, 6.07) is 1.60. The van der Waals surface area contributed by atoms with Gasteiger partial charge in [0.25, 0.3) is 0 Å². The standard InChI is InChI=1S/C11H13FO2/c1-6-4-9(5-7(2)13)8(3)11(14)10(6)12/h4,14H,5H2,1-3H3. The van der Waals surface area contributed by atoms with E-state index in [1.165, 1.54) is 6.92 Å². The van der Waals surface area contributed by atoms with Crippen LogP contribution in [0.5, 0.6) is 5.75 Å². The zero-order chi connectivity index (χ0) is 10.9. The van der Waals surface area contributed by atoms with E-state index in [0.717, 1.165) is 0 Å². The van der Waals surface area contributed by atoms with Crippen LogP contribution < -0.4 is 0 Å². The SMILES string of the molecule is CC(=O)Cc1cc(C)c(F)c(O)c1C. The third-order valence-corrected chi connectivity index (χ3v) is 2.22. The second kappa shape index (κ2) is 3.78. The smallest absolute Gasteiger partial charge is 0.167 e. The quantitative estimate of drug-likeness (QED) is 0.787. The van der Waals surface area contributed by atoms with Gasteiger partial charge in [0.05, 0.1) is 0 Å². The highest BCUT2D eigenvalue weighted by molar-refractivity contribution is 5.78. The monoisotopic (exact) mass is 196 g/mol. The number of Topliss-reactive ketones (excluding diaryl/α,β-unsaturated/α-hetero) is 1. The molecule has 0 amide bonds. The van der Waals surface area contributed by atoms with Gasteiger partial charge in [-0.15, -0.1) is 0 Å². The molecule has 0 radical (unpaired) electrons. The molecule has 1 aromatic rings. The molecule has 0 saturated carbocycles. The lowest BCUT2D eigenvalue weighted by atomic mass is 10.00. The summed E-state index contributed by atoms with van der Waals surface area (Å²) >= 11 is 0. The van der Waals surface area contributed by atoms with Gasteiger partial charge in [0, 0.05) is 6.42 Å². The van der Waals surface area contributed by atoms with E-state index in [1.54, 1.807) is 19.9 Å². The Kier molecular flexibility index (Phi) is 2.89. The van der Waals surface area contributed by atoms with Crippen molar-refractivity contribution in [3.63, 3.8) is 0 Å². The fourth-order valence-corrected chi connectivity index (χ4v) is 1.39. The fourth-order valence-electron chi connectivity index (χ4n) is 1.39. The zero-order valence-corrected chi connectivity index (χ0v) is 8.52. The van der Waals surface area contributed by atoms with Gasteiger partial charge in [-0.25, -0.2) is 4.39 Å². The van der Waals surface area contributed by atoms with Crippen LogP contribution in [0.3, 0.4) is 0 Å². The minimum absolute atomic E-state index is 0.00138. The van der Waals surface area contributed by atoms with E-state index in [4.69, 9.17) is 0 Å². The molecule has 1 N–H and O–H groups in total. The molecule has 0 aliphatic carbocycles. The van der Waals surface area contributed by atoms with Crippen LogP contribution in [0.15, 0.2) is 6.07 Å². The molecule has 1 aromatic carbocycles. The lowest BCUT2D eigenvalue weighted by molar-refractivity contribution is -0.116. The normalized spacial score (nSPS) is 10.3. The minimum Gasteiger partial charge on any atom is -0.505 e. The Balaban J connectivity index is 3.25. The second-order valence-corrected chi connectivity index (χ2v) is 3.52. The molecule has 0 aliphatic heterocycles. The molecular formula is C11H13FO2.